The van der Waals surface area contributed by atoms with Gasteiger partial charge in [-0.05, 0) is 42.5 Å². The molecule has 2 rings (SSSR count). The van der Waals surface area contributed by atoms with Crippen molar-refractivity contribution in [2.75, 3.05) is 6.61 Å². The van der Waals surface area contributed by atoms with Gasteiger partial charge in [-0.2, -0.15) is 0 Å². The first kappa shape index (κ1) is 13.9. The Labute approximate surface area is 110 Å². The van der Waals surface area contributed by atoms with Gasteiger partial charge in [0.1, 0.15) is 11.6 Å². The van der Waals surface area contributed by atoms with Gasteiger partial charge in [0.15, 0.2) is 0 Å². The fourth-order valence-corrected chi connectivity index (χ4v) is 2.21. The summed E-state index contributed by atoms with van der Waals surface area (Å²) < 4.78 is 26.6. The Balaban J connectivity index is 2.00. The fourth-order valence-electron chi connectivity index (χ4n) is 2.21. The number of halogens is 2. The molecule has 0 radical (unpaired) electrons. The Morgan fingerprint density at radius 2 is 2.26 bits per heavy atom. The molecular weight excluding hydrogens is 252 g/mol. The van der Waals surface area contributed by atoms with E-state index in [4.69, 9.17) is 5.11 Å². The molecule has 1 aromatic carbocycles. The van der Waals surface area contributed by atoms with Crippen molar-refractivity contribution in [3.63, 3.8) is 0 Å². The predicted molar refractivity (Wildman–Crippen MR) is 66.5 cm³/mol. The number of nitrogens with one attached hydrogen (secondary N) is 1. The lowest BCUT2D eigenvalue weighted by molar-refractivity contribution is -0.123. The third kappa shape index (κ3) is 3.10. The highest BCUT2D eigenvalue weighted by Crippen LogP contribution is 2.48. The first-order valence-electron chi connectivity index (χ1n) is 6.43. The van der Waals surface area contributed by atoms with Crippen LogP contribution < -0.4 is 5.32 Å². The van der Waals surface area contributed by atoms with Gasteiger partial charge in [-0.1, -0.05) is 6.92 Å². The lowest BCUT2D eigenvalue weighted by atomic mass is 10.1. The van der Waals surface area contributed by atoms with E-state index in [-0.39, 0.29) is 36.0 Å². The van der Waals surface area contributed by atoms with Gasteiger partial charge in [0.25, 0.3) is 0 Å². The first-order chi connectivity index (χ1) is 9.06. The highest BCUT2D eigenvalue weighted by molar-refractivity contribution is 5.83. The van der Waals surface area contributed by atoms with Crippen LogP contribution in [0.15, 0.2) is 18.2 Å². The monoisotopic (exact) mass is 269 g/mol. The number of hydrogen-bond donors (Lipinski definition) is 2. The van der Waals surface area contributed by atoms with Crippen LogP contribution in [-0.2, 0) is 4.79 Å². The average Bonchev–Trinajstić information content (AvgIpc) is 3.18. The zero-order valence-electron chi connectivity index (χ0n) is 10.7. The third-order valence-corrected chi connectivity index (χ3v) is 3.54. The maximum absolute atomic E-state index is 13.6. The van der Waals surface area contributed by atoms with Crippen LogP contribution in [0.25, 0.3) is 0 Å². The second-order valence-electron chi connectivity index (χ2n) is 4.91. The number of aliphatic hydroxyl groups excluding tert-OH is 1. The topological polar surface area (TPSA) is 49.3 Å². The number of rotatable bonds is 5. The van der Waals surface area contributed by atoms with Crippen molar-refractivity contribution in [1.29, 1.82) is 0 Å². The largest absolute Gasteiger partial charge is 0.394 e. The minimum absolute atomic E-state index is 0.117. The number of aliphatic hydroxyl groups is 1. The van der Waals surface area contributed by atoms with Crippen LogP contribution in [0.2, 0.25) is 0 Å². The summed E-state index contributed by atoms with van der Waals surface area (Å²) in [7, 11) is 0. The average molecular weight is 269 g/mol. The van der Waals surface area contributed by atoms with Gasteiger partial charge in [-0.25, -0.2) is 8.78 Å². The van der Waals surface area contributed by atoms with Gasteiger partial charge < -0.3 is 10.4 Å². The van der Waals surface area contributed by atoms with E-state index in [9.17, 15) is 13.6 Å². The van der Waals surface area contributed by atoms with Gasteiger partial charge >= 0.3 is 0 Å². The van der Waals surface area contributed by atoms with E-state index in [2.05, 4.69) is 5.32 Å². The summed E-state index contributed by atoms with van der Waals surface area (Å²) in [4.78, 5) is 11.9. The van der Waals surface area contributed by atoms with Gasteiger partial charge in [-0.15, -0.1) is 0 Å². The van der Waals surface area contributed by atoms with Crippen LogP contribution in [0.3, 0.4) is 0 Å². The molecule has 104 valence electrons. The maximum Gasteiger partial charge on any atom is 0.224 e. The SMILES string of the molecule is CCC(CO)NC(=O)C1CC1c1cc(F)ccc1F. The highest BCUT2D eigenvalue weighted by Gasteiger charge is 2.45. The Morgan fingerprint density at radius 3 is 2.89 bits per heavy atom. The number of amides is 1. The van der Waals surface area contributed by atoms with Gasteiger partial charge in [-0.3, -0.25) is 4.79 Å². The smallest absolute Gasteiger partial charge is 0.224 e. The summed E-state index contributed by atoms with van der Waals surface area (Å²) in [6.45, 7) is 1.74. The molecule has 0 aromatic heterocycles. The molecule has 3 atom stereocenters. The molecule has 3 nitrogen and oxygen atoms in total. The standard InChI is InChI=1S/C14H17F2NO2/c1-2-9(7-18)17-14(19)12-6-10(12)11-5-8(15)3-4-13(11)16/h3-5,9-10,12,18H,2,6-7H2,1H3,(H,17,19). The minimum Gasteiger partial charge on any atom is -0.394 e. The number of benzene rings is 1. The zero-order chi connectivity index (χ0) is 14.0. The molecule has 1 aliphatic rings. The summed E-state index contributed by atoms with van der Waals surface area (Å²) in [5.41, 5.74) is 0.261. The fraction of sp³-hybridized carbons (Fsp3) is 0.500. The molecule has 1 aromatic rings. The molecule has 2 N–H and O–H groups in total. The van der Waals surface area contributed by atoms with Crippen molar-refractivity contribution < 1.29 is 18.7 Å². The van der Waals surface area contributed by atoms with Gasteiger partial charge in [0.2, 0.25) is 5.91 Å². The Hall–Kier alpha value is -1.49. The van der Waals surface area contributed by atoms with Crippen LogP contribution in [0.1, 0.15) is 31.2 Å². The van der Waals surface area contributed by atoms with Gasteiger partial charge in [0.05, 0.1) is 12.6 Å². The van der Waals surface area contributed by atoms with Crippen molar-refractivity contribution in [2.24, 2.45) is 5.92 Å². The number of carbonyl (C=O) groups excluding carboxylic acids is 1. The Morgan fingerprint density at radius 1 is 1.53 bits per heavy atom. The van der Waals surface area contributed by atoms with E-state index in [1.807, 2.05) is 6.92 Å². The van der Waals surface area contributed by atoms with E-state index in [1.54, 1.807) is 0 Å². The maximum atomic E-state index is 13.6. The molecule has 0 aliphatic heterocycles. The van der Waals surface area contributed by atoms with Crippen LogP contribution in [0.5, 0.6) is 0 Å². The van der Waals surface area contributed by atoms with Crippen LogP contribution in [-0.4, -0.2) is 23.7 Å². The highest BCUT2D eigenvalue weighted by atomic mass is 19.1. The van der Waals surface area contributed by atoms with Crippen LogP contribution in [0.4, 0.5) is 8.78 Å². The number of carbonyl (C=O) groups is 1. The molecular formula is C14H17F2NO2. The van der Waals surface area contributed by atoms with Crippen LogP contribution >= 0.6 is 0 Å². The summed E-state index contributed by atoms with van der Waals surface area (Å²) in [6.07, 6.45) is 1.15. The van der Waals surface area contributed by atoms with Crippen molar-refractivity contribution in [3.8, 4) is 0 Å². The van der Waals surface area contributed by atoms with Crippen molar-refractivity contribution >= 4 is 5.91 Å². The van der Waals surface area contributed by atoms with Crippen molar-refractivity contribution in [2.45, 2.75) is 31.7 Å². The first-order valence-corrected chi connectivity index (χ1v) is 6.43. The molecule has 0 heterocycles. The number of hydrogen-bond acceptors (Lipinski definition) is 2. The van der Waals surface area contributed by atoms with Crippen molar-refractivity contribution in [1.82, 2.24) is 5.32 Å². The lowest BCUT2D eigenvalue weighted by Crippen LogP contribution is -2.38. The molecule has 1 fully saturated rings. The van der Waals surface area contributed by atoms with Crippen molar-refractivity contribution in [3.05, 3.63) is 35.4 Å². The summed E-state index contributed by atoms with van der Waals surface area (Å²) >= 11 is 0. The molecule has 1 saturated carbocycles. The van der Waals surface area contributed by atoms with E-state index >= 15 is 0 Å². The predicted octanol–water partition coefficient (Wildman–Crippen LogP) is 1.96. The van der Waals surface area contributed by atoms with Gasteiger partial charge in [0, 0.05) is 5.92 Å². The Bertz CT molecular complexity index is 475. The van der Waals surface area contributed by atoms with E-state index in [0.717, 1.165) is 18.2 Å². The van der Waals surface area contributed by atoms with E-state index in [0.29, 0.717) is 12.8 Å². The zero-order valence-corrected chi connectivity index (χ0v) is 10.7. The second kappa shape index (κ2) is 5.65. The normalized spacial score (nSPS) is 22.9. The second-order valence-corrected chi connectivity index (χ2v) is 4.91. The lowest BCUT2D eigenvalue weighted by Gasteiger charge is -2.13. The summed E-state index contributed by atoms with van der Waals surface area (Å²) in [5, 5.41) is 11.7. The third-order valence-electron chi connectivity index (χ3n) is 3.54. The van der Waals surface area contributed by atoms with Crippen LogP contribution in [0, 0.1) is 17.6 Å². The molecule has 0 saturated heterocycles. The quantitative estimate of drug-likeness (QED) is 0.858. The molecule has 1 amide bonds. The summed E-state index contributed by atoms with van der Waals surface area (Å²) in [6, 6.07) is 3.03. The minimum atomic E-state index is -0.496. The van der Waals surface area contributed by atoms with E-state index < -0.39 is 11.6 Å². The van der Waals surface area contributed by atoms with E-state index in [1.165, 1.54) is 0 Å². The molecule has 5 heteroatoms. The molecule has 3 unspecified atom stereocenters. The summed E-state index contributed by atoms with van der Waals surface area (Å²) in [5.74, 6) is -1.75. The molecule has 0 bridgehead atoms. The molecule has 1 aliphatic carbocycles. The molecule has 19 heavy (non-hydrogen) atoms. The Kier molecular flexibility index (Phi) is 4.14. The molecule has 0 spiro atoms.